The molecule has 0 spiro atoms. The van der Waals surface area contributed by atoms with Crippen LogP contribution in [0.4, 0.5) is 0 Å². The van der Waals surface area contributed by atoms with Gasteiger partial charge in [-0.3, -0.25) is 0 Å². The predicted molar refractivity (Wildman–Crippen MR) is 65.0 cm³/mol. The van der Waals surface area contributed by atoms with Gasteiger partial charge in [-0.25, -0.2) is 4.98 Å². The third-order valence-corrected chi connectivity index (χ3v) is 2.64. The molecule has 4 heteroatoms. The molecule has 4 nitrogen and oxygen atoms in total. The summed E-state index contributed by atoms with van der Waals surface area (Å²) in [7, 11) is 0. The van der Waals surface area contributed by atoms with E-state index >= 15 is 0 Å². The minimum atomic E-state index is 0.167. The van der Waals surface area contributed by atoms with Gasteiger partial charge in [0.1, 0.15) is 18.3 Å². The Hall–Kier alpha value is -2.72. The molecule has 0 amide bonds. The lowest BCUT2D eigenvalue weighted by atomic mass is 10.1. The molecule has 0 unspecified atom stereocenters. The lowest BCUT2D eigenvalue weighted by Gasteiger charge is -2.02. The van der Waals surface area contributed by atoms with Gasteiger partial charge in [-0.1, -0.05) is 30.3 Å². The van der Waals surface area contributed by atoms with Gasteiger partial charge in [0, 0.05) is 5.56 Å². The Morgan fingerprint density at radius 2 is 1.89 bits per heavy atom. The van der Waals surface area contributed by atoms with E-state index in [1.54, 1.807) is 10.8 Å². The summed E-state index contributed by atoms with van der Waals surface area (Å²) in [5.74, 6) is 0. The van der Waals surface area contributed by atoms with E-state index in [9.17, 15) is 0 Å². The van der Waals surface area contributed by atoms with E-state index in [0.29, 0.717) is 17.9 Å². The number of aryl methyl sites for hydroxylation is 1. The first kappa shape index (κ1) is 11.8. The molecule has 18 heavy (non-hydrogen) atoms. The fourth-order valence-electron chi connectivity index (χ4n) is 1.74. The van der Waals surface area contributed by atoms with E-state index in [2.05, 4.69) is 4.98 Å². The molecule has 1 aromatic heterocycles. The number of aromatic nitrogens is 2. The van der Waals surface area contributed by atoms with E-state index in [1.807, 2.05) is 49.4 Å². The molecule has 0 bridgehead atoms. The zero-order valence-electron chi connectivity index (χ0n) is 9.96. The Balaban J connectivity index is 2.67. The quantitative estimate of drug-likeness (QED) is 0.745. The van der Waals surface area contributed by atoms with Gasteiger partial charge in [-0.15, -0.1) is 0 Å². The molecule has 0 aliphatic carbocycles. The topological polar surface area (TPSA) is 64.3 Å². The molecular weight excluding hydrogens is 224 g/mol. The van der Waals surface area contributed by atoms with Crippen molar-refractivity contribution in [2.75, 3.05) is 0 Å². The summed E-state index contributed by atoms with van der Waals surface area (Å²) in [6.45, 7) is 2.55. The summed E-state index contributed by atoms with van der Waals surface area (Å²) in [5, 5.41) is 18.1. The third-order valence-electron chi connectivity index (χ3n) is 2.64. The average Bonchev–Trinajstić information content (AvgIpc) is 2.46. The average molecular weight is 235 g/mol. The second-order valence-electron chi connectivity index (χ2n) is 3.70. The summed E-state index contributed by atoms with van der Waals surface area (Å²) in [5.41, 5.74) is 2.11. The largest absolute Gasteiger partial charge is 0.320 e. The molecule has 2 aromatic rings. The molecule has 0 aliphatic rings. The third kappa shape index (κ3) is 2.05. The Kier molecular flexibility index (Phi) is 3.31. The van der Waals surface area contributed by atoms with Crippen molar-refractivity contribution in [3.63, 3.8) is 0 Å². The van der Waals surface area contributed by atoms with Crippen molar-refractivity contribution in [2.24, 2.45) is 0 Å². The maximum Gasteiger partial charge on any atom is 0.320 e. The van der Waals surface area contributed by atoms with E-state index < -0.39 is 0 Å². The van der Waals surface area contributed by atoms with Crippen LogP contribution in [-0.4, -0.2) is 4.98 Å². The number of hydrogen-bond acceptors (Lipinski definition) is 3. The summed E-state index contributed by atoms with van der Waals surface area (Å²) in [6.07, 6.45) is 1.80. The molecule has 0 aliphatic heterocycles. The molecule has 0 saturated carbocycles. The van der Waals surface area contributed by atoms with Crippen LogP contribution in [0.2, 0.25) is 0 Å². The van der Waals surface area contributed by atoms with Crippen molar-refractivity contribution >= 4 is 0 Å². The van der Waals surface area contributed by atoms with Crippen LogP contribution in [0.3, 0.4) is 0 Å². The molecule has 0 N–H and O–H groups in total. The first-order valence-corrected chi connectivity index (χ1v) is 5.60. The van der Waals surface area contributed by atoms with Gasteiger partial charge in [0.25, 0.3) is 0 Å². The standard InChI is InChI=1S/C14H11N4/c1-2-18-10-13(11-6-4-3-5-7-11)17-12(8-15)14(18)9-16/h3-7,10H,2H2,1H3/q+1. The van der Waals surface area contributed by atoms with Crippen molar-refractivity contribution in [3.8, 4) is 23.4 Å². The molecule has 0 fully saturated rings. The minimum Gasteiger partial charge on any atom is -0.224 e. The van der Waals surface area contributed by atoms with Crippen LogP contribution in [0.1, 0.15) is 18.3 Å². The molecule has 86 valence electrons. The summed E-state index contributed by atoms with van der Waals surface area (Å²) < 4.78 is 1.74. The Morgan fingerprint density at radius 3 is 2.44 bits per heavy atom. The van der Waals surface area contributed by atoms with Crippen LogP contribution in [0.15, 0.2) is 36.5 Å². The molecule has 1 heterocycles. The van der Waals surface area contributed by atoms with Crippen molar-refractivity contribution in [1.29, 1.82) is 10.5 Å². The lowest BCUT2D eigenvalue weighted by molar-refractivity contribution is -0.696. The zero-order chi connectivity index (χ0) is 13.0. The maximum absolute atomic E-state index is 9.06. The summed E-state index contributed by atoms with van der Waals surface area (Å²) in [4.78, 5) is 4.24. The first-order chi connectivity index (χ1) is 8.80. The van der Waals surface area contributed by atoms with Gasteiger partial charge in [-0.05, 0) is 6.92 Å². The molecule has 1 aromatic carbocycles. The zero-order valence-corrected chi connectivity index (χ0v) is 9.96. The highest BCUT2D eigenvalue weighted by Crippen LogP contribution is 2.15. The minimum absolute atomic E-state index is 0.167. The molecule has 2 rings (SSSR count). The van der Waals surface area contributed by atoms with Crippen LogP contribution in [0.5, 0.6) is 0 Å². The molecular formula is C14H11N4+. The Labute approximate surface area is 105 Å². The summed E-state index contributed by atoms with van der Waals surface area (Å²) >= 11 is 0. The number of benzene rings is 1. The second kappa shape index (κ2) is 5.07. The van der Waals surface area contributed by atoms with E-state index in [-0.39, 0.29) is 5.69 Å². The Bertz CT molecular complexity index is 648. The monoisotopic (exact) mass is 235 g/mol. The van der Waals surface area contributed by atoms with E-state index in [1.165, 1.54) is 0 Å². The van der Waals surface area contributed by atoms with Crippen molar-refractivity contribution in [2.45, 2.75) is 13.5 Å². The van der Waals surface area contributed by atoms with Gasteiger partial charge in [0.2, 0.25) is 5.69 Å². The van der Waals surface area contributed by atoms with Crippen LogP contribution in [0.25, 0.3) is 11.3 Å². The highest BCUT2D eigenvalue weighted by molar-refractivity contribution is 5.58. The Morgan fingerprint density at radius 1 is 1.17 bits per heavy atom. The summed E-state index contributed by atoms with van der Waals surface area (Å²) in [6, 6.07) is 13.6. The van der Waals surface area contributed by atoms with Crippen LogP contribution < -0.4 is 4.57 Å². The normalized spacial score (nSPS) is 9.50. The number of rotatable bonds is 2. The van der Waals surface area contributed by atoms with Gasteiger partial charge in [0.05, 0.1) is 0 Å². The van der Waals surface area contributed by atoms with Gasteiger partial charge >= 0.3 is 5.69 Å². The van der Waals surface area contributed by atoms with Crippen LogP contribution in [0, 0.1) is 22.7 Å². The van der Waals surface area contributed by atoms with Crippen LogP contribution in [-0.2, 0) is 6.54 Å². The van der Waals surface area contributed by atoms with E-state index in [4.69, 9.17) is 10.5 Å². The SMILES string of the molecule is CC[n+]1cc(-c2ccccc2)nc(C#N)c1C#N. The van der Waals surface area contributed by atoms with Crippen molar-refractivity contribution in [1.82, 2.24) is 4.98 Å². The van der Waals surface area contributed by atoms with Gasteiger partial charge in [0.15, 0.2) is 12.3 Å². The highest BCUT2D eigenvalue weighted by Gasteiger charge is 2.19. The predicted octanol–water partition coefficient (Wildman–Crippen LogP) is 1.80. The van der Waals surface area contributed by atoms with Crippen molar-refractivity contribution < 1.29 is 4.57 Å². The first-order valence-electron chi connectivity index (χ1n) is 5.60. The highest BCUT2D eigenvalue weighted by atomic mass is 15.0. The molecule has 0 saturated heterocycles. The lowest BCUT2D eigenvalue weighted by Crippen LogP contribution is -2.37. The molecule has 0 radical (unpaired) electrons. The maximum atomic E-state index is 9.06. The van der Waals surface area contributed by atoms with Gasteiger partial charge < -0.3 is 0 Å². The van der Waals surface area contributed by atoms with Crippen molar-refractivity contribution in [3.05, 3.63) is 47.9 Å². The van der Waals surface area contributed by atoms with Gasteiger partial charge in [-0.2, -0.15) is 15.1 Å². The number of hydrogen-bond donors (Lipinski definition) is 0. The fraction of sp³-hybridized carbons (Fsp3) is 0.143. The number of nitrogens with zero attached hydrogens (tertiary/aromatic N) is 4. The smallest absolute Gasteiger partial charge is 0.224 e. The second-order valence-corrected chi connectivity index (χ2v) is 3.70. The fourth-order valence-corrected chi connectivity index (χ4v) is 1.74. The van der Waals surface area contributed by atoms with Crippen LogP contribution >= 0.6 is 0 Å². The molecule has 0 atom stereocenters. The van der Waals surface area contributed by atoms with E-state index in [0.717, 1.165) is 5.56 Å². The number of nitriles is 2.